The van der Waals surface area contributed by atoms with Gasteiger partial charge in [-0.1, -0.05) is 97.1 Å². The minimum absolute atomic E-state index is 0.900. The molecule has 1 aliphatic rings. The molecule has 0 aliphatic heterocycles. The number of hydrogen-bond donors (Lipinski definition) is 0. The zero-order chi connectivity index (χ0) is 34.2. The lowest BCUT2D eigenvalue weighted by atomic mass is 9.98. The topological polar surface area (TPSA) is 34.5 Å². The van der Waals surface area contributed by atoms with Crippen LogP contribution in [0, 0.1) is 0 Å². The predicted molar refractivity (Wildman–Crippen MR) is 215 cm³/mol. The Morgan fingerprint density at radius 3 is 2.12 bits per heavy atom. The molecule has 0 spiro atoms. The first kappa shape index (κ1) is 29.0. The van der Waals surface area contributed by atoms with Crippen LogP contribution in [0.15, 0.2) is 173 Å². The molecule has 10 aromatic rings. The Kier molecular flexibility index (Phi) is 6.34. The number of anilines is 3. The number of furan rings is 2. The fourth-order valence-electron chi connectivity index (χ4n) is 8.38. The normalized spacial score (nSPS) is 12.8. The highest BCUT2D eigenvalue weighted by atomic mass is 16.3. The Morgan fingerprint density at radius 1 is 0.519 bits per heavy atom. The van der Waals surface area contributed by atoms with Crippen LogP contribution in [-0.2, 0) is 6.42 Å². The average molecular weight is 669 g/mol. The van der Waals surface area contributed by atoms with E-state index in [1.807, 2.05) is 12.1 Å². The van der Waals surface area contributed by atoms with Crippen molar-refractivity contribution in [3.63, 3.8) is 0 Å². The van der Waals surface area contributed by atoms with E-state index < -0.39 is 0 Å². The van der Waals surface area contributed by atoms with Crippen molar-refractivity contribution in [3.8, 4) is 16.8 Å². The van der Waals surface area contributed by atoms with E-state index in [-0.39, 0.29) is 0 Å². The standard InChI is InChI=1S/C48H32N2O2/c1-2-12-32(13-3-1)50-40-18-7-4-14-36(40)37-29-28-34(30-42(37)50)49(41-19-11-23-46-48(41)39-16-6-9-21-44(39)52-46)33-26-24-31(25-27-33)35-17-10-22-45-47(35)38-15-5-8-20-43(38)51-45/h1-5,7-15,17-30H,6,16H2. The quantitative estimate of drug-likeness (QED) is 0.183. The van der Waals surface area contributed by atoms with Gasteiger partial charge in [0.1, 0.15) is 22.5 Å². The summed E-state index contributed by atoms with van der Waals surface area (Å²) in [5, 5.41) is 5.91. The van der Waals surface area contributed by atoms with Crippen LogP contribution in [-0.4, -0.2) is 4.57 Å². The number of fused-ring (bicyclic) bond motifs is 9. The van der Waals surface area contributed by atoms with Gasteiger partial charge >= 0.3 is 0 Å². The molecule has 0 bridgehead atoms. The average Bonchev–Trinajstić information content (AvgIpc) is 3.88. The Bertz CT molecular complexity index is 3010. The smallest absolute Gasteiger partial charge is 0.137 e. The molecule has 0 saturated carbocycles. The number of nitrogens with zero attached hydrogens (tertiary/aromatic N) is 2. The van der Waals surface area contributed by atoms with E-state index in [9.17, 15) is 0 Å². The molecule has 4 heteroatoms. The second-order valence-corrected chi connectivity index (χ2v) is 13.6. The molecular formula is C48H32N2O2. The summed E-state index contributed by atoms with van der Waals surface area (Å²) in [6, 6.07) is 56.3. The van der Waals surface area contributed by atoms with Gasteiger partial charge in [0.25, 0.3) is 0 Å². The van der Waals surface area contributed by atoms with Gasteiger partial charge in [-0.3, -0.25) is 0 Å². The number of allylic oxidation sites excluding steroid dienone is 1. The van der Waals surface area contributed by atoms with Crippen LogP contribution >= 0.6 is 0 Å². The molecular weight excluding hydrogens is 637 g/mol. The SMILES string of the molecule is C1=Cc2oc3cccc(N(c4ccc(-c5cccc6oc7ccccc7c56)cc4)c4ccc5c6ccccc6n(-c6ccccc6)c5c4)c3c2CC1. The number of benzene rings is 7. The first-order valence-corrected chi connectivity index (χ1v) is 17.9. The van der Waals surface area contributed by atoms with Crippen molar-refractivity contribution in [2.24, 2.45) is 0 Å². The second kappa shape index (κ2) is 11.4. The van der Waals surface area contributed by atoms with Crippen molar-refractivity contribution in [1.29, 1.82) is 0 Å². The second-order valence-electron chi connectivity index (χ2n) is 13.6. The third-order valence-electron chi connectivity index (χ3n) is 10.7. The summed E-state index contributed by atoms with van der Waals surface area (Å²) >= 11 is 0. The van der Waals surface area contributed by atoms with Crippen LogP contribution in [0.4, 0.5) is 17.1 Å². The van der Waals surface area contributed by atoms with E-state index in [2.05, 4.69) is 167 Å². The van der Waals surface area contributed by atoms with Crippen LogP contribution in [0.2, 0.25) is 0 Å². The fraction of sp³-hybridized carbons (Fsp3) is 0.0417. The van der Waals surface area contributed by atoms with Gasteiger partial charge in [-0.2, -0.15) is 0 Å². The Labute approximate surface area is 300 Å². The summed E-state index contributed by atoms with van der Waals surface area (Å²) in [5.41, 5.74) is 13.0. The summed E-state index contributed by atoms with van der Waals surface area (Å²) in [6.07, 6.45) is 6.29. The molecule has 3 aromatic heterocycles. The highest BCUT2D eigenvalue weighted by Gasteiger charge is 2.24. The van der Waals surface area contributed by atoms with Gasteiger partial charge in [-0.25, -0.2) is 0 Å². The lowest BCUT2D eigenvalue weighted by Gasteiger charge is -2.27. The highest BCUT2D eigenvalue weighted by molar-refractivity contribution is 6.13. The Morgan fingerprint density at radius 2 is 1.23 bits per heavy atom. The van der Waals surface area contributed by atoms with Gasteiger partial charge in [-0.15, -0.1) is 0 Å². The highest BCUT2D eigenvalue weighted by Crippen LogP contribution is 2.46. The maximum atomic E-state index is 6.46. The van der Waals surface area contributed by atoms with Gasteiger partial charge in [0.15, 0.2) is 0 Å². The molecule has 0 atom stereocenters. The van der Waals surface area contributed by atoms with Gasteiger partial charge < -0.3 is 18.3 Å². The molecule has 4 nitrogen and oxygen atoms in total. The van der Waals surface area contributed by atoms with Crippen molar-refractivity contribution in [2.75, 3.05) is 4.90 Å². The first-order valence-electron chi connectivity index (χ1n) is 17.9. The van der Waals surface area contributed by atoms with E-state index in [4.69, 9.17) is 8.83 Å². The molecule has 7 aromatic carbocycles. The van der Waals surface area contributed by atoms with Crippen LogP contribution in [0.5, 0.6) is 0 Å². The van der Waals surface area contributed by atoms with Crippen molar-refractivity contribution in [1.82, 2.24) is 4.57 Å². The van der Waals surface area contributed by atoms with E-state index in [1.165, 1.54) is 27.2 Å². The van der Waals surface area contributed by atoms with Gasteiger partial charge in [0, 0.05) is 49.6 Å². The number of rotatable bonds is 5. The molecule has 52 heavy (non-hydrogen) atoms. The van der Waals surface area contributed by atoms with Crippen molar-refractivity contribution >= 4 is 77.9 Å². The van der Waals surface area contributed by atoms with Gasteiger partial charge in [-0.05, 0) is 96.8 Å². The number of para-hydroxylation sites is 3. The molecule has 0 N–H and O–H groups in total. The lowest BCUT2D eigenvalue weighted by Crippen LogP contribution is -2.11. The van der Waals surface area contributed by atoms with Crippen molar-refractivity contribution in [2.45, 2.75) is 12.8 Å². The Hall–Kier alpha value is -6.78. The van der Waals surface area contributed by atoms with E-state index in [1.54, 1.807) is 0 Å². The molecule has 1 aliphatic carbocycles. The van der Waals surface area contributed by atoms with Crippen molar-refractivity contribution < 1.29 is 8.83 Å². The molecule has 0 fully saturated rings. The largest absolute Gasteiger partial charge is 0.456 e. The monoisotopic (exact) mass is 668 g/mol. The summed E-state index contributed by atoms with van der Waals surface area (Å²) < 4.78 is 15.1. The summed E-state index contributed by atoms with van der Waals surface area (Å²) in [4.78, 5) is 2.40. The van der Waals surface area contributed by atoms with Crippen molar-refractivity contribution in [3.05, 3.63) is 175 Å². The summed E-state index contributed by atoms with van der Waals surface area (Å²) in [5.74, 6) is 0.962. The van der Waals surface area contributed by atoms with Gasteiger partial charge in [0.2, 0.25) is 0 Å². The zero-order valence-electron chi connectivity index (χ0n) is 28.3. The Balaban J connectivity index is 1.14. The minimum atomic E-state index is 0.900. The van der Waals surface area contributed by atoms with Crippen LogP contribution in [0.3, 0.4) is 0 Å². The molecule has 11 rings (SSSR count). The summed E-state index contributed by atoms with van der Waals surface area (Å²) in [6.45, 7) is 0. The van der Waals surface area contributed by atoms with E-state index in [0.29, 0.717) is 0 Å². The molecule has 246 valence electrons. The zero-order valence-corrected chi connectivity index (χ0v) is 28.3. The van der Waals surface area contributed by atoms with Crippen LogP contribution in [0.1, 0.15) is 17.7 Å². The van der Waals surface area contributed by atoms with Crippen LogP contribution < -0.4 is 4.90 Å². The molecule has 0 saturated heterocycles. The number of aryl methyl sites for hydroxylation is 1. The van der Waals surface area contributed by atoms with E-state index in [0.717, 1.165) is 85.5 Å². The lowest BCUT2D eigenvalue weighted by molar-refractivity contribution is 0.595. The molecule has 0 radical (unpaired) electrons. The third-order valence-corrected chi connectivity index (χ3v) is 10.7. The maximum Gasteiger partial charge on any atom is 0.137 e. The molecule has 0 amide bonds. The number of aromatic nitrogens is 1. The summed E-state index contributed by atoms with van der Waals surface area (Å²) in [7, 11) is 0. The maximum absolute atomic E-state index is 6.46. The molecule has 3 heterocycles. The van der Waals surface area contributed by atoms with E-state index >= 15 is 0 Å². The predicted octanol–water partition coefficient (Wildman–Crippen LogP) is 13.5. The molecule has 0 unspecified atom stereocenters. The minimum Gasteiger partial charge on any atom is -0.456 e. The van der Waals surface area contributed by atoms with Crippen LogP contribution in [0.25, 0.3) is 77.6 Å². The fourth-order valence-corrected chi connectivity index (χ4v) is 8.38. The third kappa shape index (κ3) is 4.34. The van der Waals surface area contributed by atoms with Gasteiger partial charge in [0.05, 0.1) is 16.7 Å². The first-order chi connectivity index (χ1) is 25.8. The number of hydrogen-bond acceptors (Lipinski definition) is 3.